The van der Waals surface area contributed by atoms with Crippen molar-refractivity contribution in [2.75, 3.05) is 6.54 Å². The molecule has 1 fully saturated rings. The number of thiazole rings is 1. The van der Waals surface area contributed by atoms with Gasteiger partial charge >= 0.3 is 0 Å². The molecule has 9 heteroatoms. The Hall–Kier alpha value is -2.78. The SMILES string of the molecule is C.CC.CC.CC(=O)N[C@H](C(=O)N1C[C@H](O)C[C@H]1C(=O)N[C@@H](C)c1ccc(-c2scnc2C)cc1)C(C)(C)C. The summed E-state index contributed by atoms with van der Waals surface area (Å²) in [5.41, 5.74) is 4.26. The lowest BCUT2D eigenvalue weighted by molar-refractivity contribution is -0.144. The fourth-order valence-corrected chi connectivity index (χ4v) is 5.03. The Bertz CT molecular complexity index is 1050. The molecule has 1 saturated heterocycles. The summed E-state index contributed by atoms with van der Waals surface area (Å²) in [5.74, 6) is -1.01. The zero-order valence-electron chi connectivity index (χ0n) is 24.6. The van der Waals surface area contributed by atoms with Gasteiger partial charge in [0, 0.05) is 19.9 Å². The van der Waals surface area contributed by atoms with E-state index in [1.165, 1.54) is 11.8 Å². The van der Waals surface area contributed by atoms with E-state index in [4.69, 9.17) is 0 Å². The minimum atomic E-state index is -0.803. The van der Waals surface area contributed by atoms with Crippen LogP contribution in [0.15, 0.2) is 29.8 Å². The molecule has 2 aromatic rings. The number of hydrogen-bond acceptors (Lipinski definition) is 6. The van der Waals surface area contributed by atoms with E-state index < -0.39 is 23.6 Å². The van der Waals surface area contributed by atoms with Crippen molar-refractivity contribution in [1.29, 1.82) is 0 Å². The fraction of sp³-hybridized carbons (Fsp3) is 0.600. The van der Waals surface area contributed by atoms with Crippen LogP contribution in [-0.2, 0) is 14.4 Å². The van der Waals surface area contributed by atoms with Gasteiger partial charge in [-0.1, -0.05) is 80.2 Å². The Morgan fingerprint density at radius 3 is 2.10 bits per heavy atom. The number of aryl methyl sites for hydroxylation is 1. The summed E-state index contributed by atoms with van der Waals surface area (Å²) >= 11 is 1.59. The van der Waals surface area contributed by atoms with Gasteiger partial charge in [-0.05, 0) is 30.4 Å². The van der Waals surface area contributed by atoms with E-state index in [0.717, 1.165) is 21.7 Å². The molecule has 8 nitrogen and oxygen atoms in total. The summed E-state index contributed by atoms with van der Waals surface area (Å²) < 4.78 is 0. The maximum Gasteiger partial charge on any atom is 0.246 e. The molecule has 1 aromatic carbocycles. The van der Waals surface area contributed by atoms with Crippen molar-refractivity contribution in [3.05, 3.63) is 41.0 Å². The molecule has 0 unspecified atom stereocenters. The van der Waals surface area contributed by atoms with E-state index in [-0.39, 0.29) is 44.2 Å². The maximum absolute atomic E-state index is 13.3. The van der Waals surface area contributed by atoms with Gasteiger partial charge in [-0.2, -0.15) is 0 Å². The number of rotatable bonds is 6. The van der Waals surface area contributed by atoms with Crippen LogP contribution < -0.4 is 10.6 Å². The highest BCUT2D eigenvalue weighted by Crippen LogP contribution is 2.29. The third-order valence-corrected chi connectivity index (χ3v) is 7.08. The zero-order valence-corrected chi connectivity index (χ0v) is 25.4. The molecule has 1 aromatic heterocycles. The first-order valence-electron chi connectivity index (χ1n) is 13.4. The van der Waals surface area contributed by atoms with Gasteiger partial charge in [0.15, 0.2) is 0 Å². The third-order valence-electron chi connectivity index (χ3n) is 6.10. The lowest BCUT2D eigenvalue weighted by Crippen LogP contribution is -2.57. The van der Waals surface area contributed by atoms with Crippen LogP contribution in [0.3, 0.4) is 0 Å². The molecule has 4 atom stereocenters. The minimum Gasteiger partial charge on any atom is -0.391 e. The molecular weight excluding hydrogens is 512 g/mol. The van der Waals surface area contributed by atoms with Gasteiger partial charge in [0.1, 0.15) is 12.1 Å². The molecule has 220 valence electrons. The molecule has 1 aliphatic rings. The number of aromatic nitrogens is 1. The second-order valence-electron chi connectivity index (χ2n) is 10.0. The summed E-state index contributed by atoms with van der Waals surface area (Å²) in [6, 6.07) is 6.07. The lowest BCUT2D eigenvalue weighted by atomic mass is 9.85. The Labute approximate surface area is 239 Å². The van der Waals surface area contributed by atoms with E-state index in [2.05, 4.69) is 15.6 Å². The smallest absolute Gasteiger partial charge is 0.246 e. The van der Waals surface area contributed by atoms with Gasteiger partial charge in [-0.15, -0.1) is 11.3 Å². The van der Waals surface area contributed by atoms with Crippen LogP contribution in [0, 0.1) is 12.3 Å². The summed E-state index contributed by atoms with van der Waals surface area (Å²) in [6.45, 7) is 18.8. The normalized spacial score (nSPS) is 17.8. The predicted molar refractivity (Wildman–Crippen MR) is 161 cm³/mol. The molecule has 3 rings (SSSR count). The molecule has 3 N–H and O–H groups in total. The van der Waals surface area contributed by atoms with Crippen molar-refractivity contribution in [1.82, 2.24) is 20.5 Å². The number of amides is 3. The molecule has 0 bridgehead atoms. The monoisotopic (exact) mass is 562 g/mol. The molecule has 0 saturated carbocycles. The van der Waals surface area contributed by atoms with Crippen LogP contribution in [0.1, 0.15) is 93.5 Å². The second-order valence-corrected chi connectivity index (χ2v) is 10.9. The average molecular weight is 563 g/mol. The Morgan fingerprint density at radius 2 is 1.64 bits per heavy atom. The van der Waals surface area contributed by atoms with E-state index in [9.17, 15) is 19.5 Å². The molecule has 3 amide bonds. The number of carbonyl (C=O) groups excluding carboxylic acids is 3. The third kappa shape index (κ3) is 9.72. The largest absolute Gasteiger partial charge is 0.391 e. The van der Waals surface area contributed by atoms with E-state index in [1.54, 1.807) is 11.3 Å². The Balaban J connectivity index is 0.00000276. The average Bonchev–Trinajstić information content (AvgIpc) is 3.49. The standard InChI is InChI=1S/C25H34N4O4S.2C2H6.CH4/c1-14(17-7-9-18(10-8-17)21-15(2)26-13-34-21)27-23(32)20-11-19(31)12-29(20)24(33)22(25(4,5)6)28-16(3)30;2*1-2;/h7-10,13-14,19-20,22,31H,11-12H2,1-6H3,(H,27,32)(H,28,30);2*1-2H3;1H4/t14-,19+,20-,22+;;;/m0.../s1. The summed E-state index contributed by atoms with van der Waals surface area (Å²) in [6.07, 6.45) is -0.639. The molecule has 39 heavy (non-hydrogen) atoms. The molecular formula is C30H50N4O4S. The second kappa shape index (κ2) is 16.4. The molecule has 2 heterocycles. The first-order chi connectivity index (χ1) is 17.9. The number of benzene rings is 1. The quantitative estimate of drug-likeness (QED) is 0.431. The molecule has 0 radical (unpaired) electrons. The van der Waals surface area contributed by atoms with E-state index in [1.807, 2.05) is 92.1 Å². The molecule has 0 aliphatic carbocycles. The van der Waals surface area contributed by atoms with Crippen molar-refractivity contribution in [2.45, 2.75) is 107 Å². The lowest BCUT2D eigenvalue weighted by Gasteiger charge is -2.35. The predicted octanol–water partition coefficient (Wildman–Crippen LogP) is 5.50. The maximum atomic E-state index is 13.3. The first kappa shape index (κ1) is 36.2. The Morgan fingerprint density at radius 1 is 1.08 bits per heavy atom. The van der Waals surface area contributed by atoms with Gasteiger partial charge in [0.25, 0.3) is 0 Å². The van der Waals surface area contributed by atoms with Crippen LogP contribution in [0.4, 0.5) is 0 Å². The number of aliphatic hydroxyl groups is 1. The highest BCUT2D eigenvalue weighted by atomic mass is 32.1. The fourth-order valence-electron chi connectivity index (χ4n) is 4.22. The molecule has 0 spiro atoms. The van der Waals surface area contributed by atoms with Crippen LogP contribution >= 0.6 is 11.3 Å². The highest BCUT2D eigenvalue weighted by molar-refractivity contribution is 7.13. The summed E-state index contributed by atoms with van der Waals surface area (Å²) in [5, 5.41) is 16.0. The number of likely N-dealkylation sites (tertiary alicyclic amines) is 1. The van der Waals surface area contributed by atoms with Gasteiger partial charge in [-0.25, -0.2) is 4.98 Å². The summed E-state index contributed by atoms with van der Waals surface area (Å²) in [4.78, 5) is 45.0. The number of aliphatic hydroxyl groups excluding tert-OH is 1. The molecule has 1 aliphatic heterocycles. The van der Waals surface area contributed by atoms with Crippen LogP contribution in [0.2, 0.25) is 0 Å². The van der Waals surface area contributed by atoms with Gasteiger partial charge in [-0.3, -0.25) is 14.4 Å². The van der Waals surface area contributed by atoms with Gasteiger partial charge in [0.05, 0.1) is 28.2 Å². The van der Waals surface area contributed by atoms with Crippen molar-refractivity contribution < 1.29 is 19.5 Å². The van der Waals surface area contributed by atoms with Crippen LogP contribution in [-0.4, -0.2) is 57.4 Å². The van der Waals surface area contributed by atoms with Crippen molar-refractivity contribution in [3.63, 3.8) is 0 Å². The number of nitrogens with zero attached hydrogens (tertiary/aromatic N) is 2. The van der Waals surface area contributed by atoms with Gasteiger partial charge in [0.2, 0.25) is 17.7 Å². The number of nitrogens with one attached hydrogen (secondary N) is 2. The summed E-state index contributed by atoms with van der Waals surface area (Å²) in [7, 11) is 0. The van der Waals surface area contributed by atoms with Crippen molar-refractivity contribution in [2.24, 2.45) is 5.41 Å². The zero-order chi connectivity index (χ0) is 29.2. The van der Waals surface area contributed by atoms with Crippen LogP contribution in [0.25, 0.3) is 10.4 Å². The minimum absolute atomic E-state index is 0. The van der Waals surface area contributed by atoms with Gasteiger partial charge < -0.3 is 20.6 Å². The first-order valence-corrected chi connectivity index (χ1v) is 14.3. The van der Waals surface area contributed by atoms with Crippen molar-refractivity contribution in [3.8, 4) is 10.4 Å². The topological polar surface area (TPSA) is 112 Å². The van der Waals surface area contributed by atoms with Crippen molar-refractivity contribution >= 4 is 29.1 Å². The van der Waals surface area contributed by atoms with Crippen LogP contribution in [0.5, 0.6) is 0 Å². The number of β-amino-alcohol motifs (C(OH)–C–C–N with tert-alkyl or cyclic N) is 1. The van der Waals surface area contributed by atoms with E-state index >= 15 is 0 Å². The Kier molecular flexibility index (Phi) is 15.2. The van der Waals surface area contributed by atoms with E-state index in [0.29, 0.717) is 0 Å². The highest BCUT2D eigenvalue weighted by Gasteiger charge is 2.44. The number of hydrogen-bond donors (Lipinski definition) is 3. The number of carbonyl (C=O) groups is 3.